The van der Waals surface area contributed by atoms with Crippen LogP contribution >= 0.6 is 0 Å². The molecule has 8 rings (SSSR count). The molecular formula is C34H22. The van der Waals surface area contributed by atoms with Gasteiger partial charge in [-0.3, -0.25) is 0 Å². The van der Waals surface area contributed by atoms with Crippen LogP contribution in [0.5, 0.6) is 0 Å². The van der Waals surface area contributed by atoms with Crippen molar-refractivity contribution in [1.82, 2.24) is 0 Å². The Morgan fingerprint density at radius 2 is 0.706 bits per heavy atom. The Hall–Kier alpha value is -3.90. The summed E-state index contributed by atoms with van der Waals surface area (Å²) < 4.78 is 0. The molecule has 3 aliphatic rings. The first kappa shape index (κ1) is 19.6. The summed E-state index contributed by atoms with van der Waals surface area (Å²) in [6, 6.07) is 43.6. The maximum atomic E-state index is 3.59. The second kappa shape index (κ2) is 7.85. The fourth-order valence-electron chi connectivity index (χ4n) is 5.75. The largest absolute Gasteiger partial charge is 0.0622 e. The molecule has 5 aromatic rings. The van der Waals surface area contributed by atoms with E-state index in [-0.39, 0.29) is 11.8 Å². The summed E-state index contributed by atoms with van der Waals surface area (Å²) in [7, 11) is 0. The van der Waals surface area contributed by atoms with Gasteiger partial charge < -0.3 is 0 Å². The van der Waals surface area contributed by atoms with Gasteiger partial charge in [-0.1, -0.05) is 121 Å². The summed E-state index contributed by atoms with van der Waals surface area (Å²) in [5.74, 6) is 0.518. The van der Waals surface area contributed by atoms with Crippen LogP contribution in [0.1, 0.15) is 67.5 Å². The third-order valence-corrected chi connectivity index (χ3v) is 7.16. The second-order valence-electron chi connectivity index (χ2n) is 9.16. The zero-order valence-electron chi connectivity index (χ0n) is 18.7. The van der Waals surface area contributed by atoms with Gasteiger partial charge in [-0.2, -0.15) is 0 Å². The zero-order chi connectivity index (χ0) is 22.5. The van der Waals surface area contributed by atoms with Crippen molar-refractivity contribution in [2.75, 3.05) is 0 Å². The van der Waals surface area contributed by atoms with Gasteiger partial charge >= 0.3 is 0 Å². The van der Waals surface area contributed by atoms with Crippen molar-refractivity contribution in [3.63, 3.8) is 0 Å². The van der Waals surface area contributed by atoms with Gasteiger partial charge in [-0.15, -0.1) is 0 Å². The lowest BCUT2D eigenvalue weighted by Gasteiger charge is -2.42. The van der Waals surface area contributed by atoms with Crippen LogP contribution in [0.4, 0.5) is 0 Å². The Balaban J connectivity index is 1.33. The average Bonchev–Trinajstić information content (AvgIpc) is 2.89. The molecule has 4 radical (unpaired) electrons. The van der Waals surface area contributed by atoms with Crippen LogP contribution in [0.2, 0.25) is 0 Å². The molecule has 0 saturated carbocycles. The smallest absolute Gasteiger partial charge is 0.0501 e. The molecule has 2 atom stereocenters. The van der Waals surface area contributed by atoms with Crippen molar-refractivity contribution < 1.29 is 0 Å². The van der Waals surface area contributed by atoms with E-state index in [1.54, 1.807) is 0 Å². The predicted molar refractivity (Wildman–Crippen MR) is 137 cm³/mol. The van der Waals surface area contributed by atoms with Crippen molar-refractivity contribution in [1.29, 1.82) is 0 Å². The average molecular weight is 431 g/mol. The third kappa shape index (κ3) is 3.14. The molecule has 0 nitrogen and oxygen atoms in total. The Kier molecular flexibility index (Phi) is 4.52. The van der Waals surface area contributed by atoms with Crippen molar-refractivity contribution in [3.8, 4) is 0 Å². The van der Waals surface area contributed by atoms with Gasteiger partial charge in [0, 0.05) is 11.8 Å². The van der Waals surface area contributed by atoms with Crippen LogP contribution in [0, 0.1) is 12.8 Å². The Morgan fingerprint density at radius 3 is 1.15 bits per heavy atom. The molecule has 0 N–H and O–H groups in total. The van der Waals surface area contributed by atoms with Gasteiger partial charge in [0.25, 0.3) is 0 Å². The van der Waals surface area contributed by atoms with E-state index in [9.17, 15) is 0 Å². The van der Waals surface area contributed by atoms with Crippen LogP contribution < -0.4 is 0 Å². The number of hydrogen-bond donors (Lipinski definition) is 0. The Labute approximate surface area is 201 Å². The van der Waals surface area contributed by atoms with Crippen molar-refractivity contribution in [2.45, 2.75) is 11.8 Å². The van der Waals surface area contributed by atoms with Crippen LogP contribution in [-0.4, -0.2) is 0 Å². The maximum Gasteiger partial charge on any atom is 0.0501 e. The SMILES string of the molecule is [C](c1ccccc1)c1ccc2c(c1)C1c3ccccc3C2c2cc([C]c3ccccc3)ccc21. The highest BCUT2D eigenvalue weighted by molar-refractivity contribution is 5.69. The topological polar surface area (TPSA) is 0 Å². The fourth-order valence-corrected chi connectivity index (χ4v) is 5.75. The highest BCUT2D eigenvalue weighted by Crippen LogP contribution is 2.56. The molecule has 0 fully saturated rings. The monoisotopic (exact) mass is 430 g/mol. The van der Waals surface area contributed by atoms with Gasteiger partial charge in [-0.05, 0) is 55.6 Å². The lowest BCUT2D eigenvalue weighted by molar-refractivity contribution is 0.752. The van der Waals surface area contributed by atoms with Crippen molar-refractivity contribution >= 4 is 0 Å². The van der Waals surface area contributed by atoms with Gasteiger partial charge in [0.05, 0.1) is 12.8 Å². The standard InChI is InChI=1S/C34H22/c1-3-9-23(10-4-1)19-25-15-17-29-31(21-25)33-27-13-7-8-14-28(27)34(29)32-22-26(16-18-30(32)33)20-24-11-5-2-6-12-24/h1-18,21-22,33-34H. The Bertz CT molecular complexity index is 1380. The van der Waals surface area contributed by atoms with E-state index in [0.29, 0.717) is 0 Å². The maximum absolute atomic E-state index is 3.59. The lowest BCUT2D eigenvalue weighted by atomic mass is 9.60. The number of benzene rings is 5. The third-order valence-electron chi connectivity index (χ3n) is 7.16. The predicted octanol–water partition coefficient (Wildman–Crippen LogP) is 7.63. The normalized spacial score (nSPS) is 17.1. The summed E-state index contributed by atoms with van der Waals surface area (Å²) in [5, 5.41) is 0. The Morgan fingerprint density at radius 1 is 0.324 bits per heavy atom. The molecular weight excluding hydrogens is 408 g/mol. The molecule has 158 valence electrons. The van der Waals surface area contributed by atoms with Crippen molar-refractivity contribution in [2.24, 2.45) is 0 Å². The summed E-state index contributed by atoms with van der Waals surface area (Å²) in [6.45, 7) is 0. The molecule has 0 spiro atoms. The van der Waals surface area contributed by atoms with E-state index in [1.807, 2.05) is 12.1 Å². The molecule has 0 amide bonds. The second-order valence-corrected chi connectivity index (χ2v) is 9.16. The minimum atomic E-state index is 0.259. The summed E-state index contributed by atoms with van der Waals surface area (Å²) >= 11 is 0. The van der Waals surface area contributed by atoms with E-state index >= 15 is 0 Å². The van der Waals surface area contributed by atoms with Crippen LogP contribution in [-0.2, 0) is 0 Å². The van der Waals surface area contributed by atoms with Crippen LogP contribution in [0.25, 0.3) is 0 Å². The summed E-state index contributed by atoms with van der Waals surface area (Å²) in [4.78, 5) is 0. The van der Waals surface area contributed by atoms with Gasteiger partial charge in [0.1, 0.15) is 0 Å². The van der Waals surface area contributed by atoms with Crippen molar-refractivity contribution in [3.05, 3.63) is 190 Å². The van der Waals surface area contributed by atoms with Gasteiger partial charge in [-0.25, -0.2) is 0 Å². The first-order valence-corrected chi connectivity index (χ1v) is 11.9. The van der Waals surface area contributed by atoms with E-state index in [1.165, 1.54) is 33.4 Å². The first-order valence-electron chi connectivity index (χ1n) is 11.9. The molecule has 5 aromatic carbocycles. The summed E-state index contributed by atoms with van der Waals surface area (Å²) in [5.41, 5.74) is 13.1. The molecule has 0 heterocycles. The molecule has 3 aliphatic carbocycles. The number of hydrogen-bond acceptors (Lipinski definition) is 0. The quantitative estimate of drug-likeness (QED) is 0.269. The number of rotatable bonds is 4. The molecule has 2 unspecified atom stereocenters. The zero-order valence-corrected chi connectivity index (χ0v) is 18.7. The highest BCUT2D eigenvalue weighted by Gasteiger charge is 2.41. The minimum absolute atomic E-state index is 0.259. The van der Waals surface area contributed by atoms with Gasteiger partial charge in [0.2, 0.25) is 0 Å². The first-order chi connectivity index (χ1) is 16.8. The molecule has 0 heteroatoms. The highest BCUT2D eigenvalue weighted by atomic mass is 14.4. The van der Waals surface area contributed by atoms with E-state index in [2.05, 4.69) is 122 Å². The van der Waals surface area contributed by atoms with Crippen LogP contribution in [0.15, 0.2) is 121 Å². The fraction of sp³-hybridized carbons (Fsp3) is 0.0588. The molecule has 0 aliphatic heterocycles. The van der Waals surface area contributed by atoms with E-state index in [4.69, 9.17) is 0 Å². The van der Waals surface area contributed by atoms with E-state index in [0.717, 1.165) is 22.3 Å². The molecule has 34 heavy (non-hydrogen) atoms. The molecule has 2 bridgehead atoms. The van der Waals surface area contributed by atoms with Gasteiger partial charge in [0.15, 0.2) is 0 Å². The molecule has 0 saturated heterocycles. The minimum Gasteiger partial charge on any atom is -0.0622 e. The molecule has 0 aromatic heterocycles. The van der Waals surface area contributed by atoms with Crippen LogP contribution in [0.3, 0.4) is 0 Å². The van der Waals surface area contributed by atoms with E-state index < -0.39 is 0 Å². The summed E-state index contributed by atoms with van der Waals surface area (Å²) in [6.07, 6.45) is 7.18. The lowest BCUT2D eigenvalue weighted by Crippen LogP contribution is -2.27.